The van der Waals surface area contributed by atoms with Crippen molar-refractivity contribution in [3.63, 3.8) is 0 Å². The molecule has 1 saturated heterocycles. The van der Waals surface area contributed by atoms with Crippen LogP contribution < -0.4 is 0 Å². The highest BCUT2D eigenvalue weighted by Crippen LogP contribution is 2.35. The molecule has 3 heteroatoms. The molecule has 0 amide bonds. The summed E-state index contributed by atoms with van der Waals surface area (Å²) in [6.07, 6.45) is 3.48. The van der Waals surface area contributed by atoms with Gasteiger partial charge in [-0.2, -0.15) is 0 Å². The first-order valence-electron chi connectivity index (χ1n) is 8.71. The Bertz CT molecular complexity index is 654. The van der Waals surface area contributed by atoms with Gasteiger partial charge in [0.2, 0.25) is 0 Å². The zero-order valence-corrected chi connectivity index (χ0v) is 16.6. The molecule has 0 bridgehead atoms. The second-order valence-electron chi connectivity index (χ2n) is 8.84. The molecule has 23 heavy (non-hydrogen) atoms. The molecule has 130 valence electrons. The van der Waals surface area contributed by atoms with E-state index < -0.39 is 9.71 Å². The van der Waals surface area contributed by atoms with Crippen LogP contribution >= 0.6 is 0 Å². The smallest absolute Gasteiger partial charge is 0.0561 e. The van der Waals surface area contributed by atoms with Gasteiger partial charge in [0.1, 0.15) is 0 Å². The van der Waals surface area contributed by atoms with Crippen molar-refractivity contribution < 1.29 is 4.21 Å². The zero-order chi connectivity index (χ0) is 17.5. The second-order valence-corrected chi connectivity index (χ2v) is 11.1. The summed E-state index contributed by atoms with van der Waals surface area (Å²) in [5.41, 5.74) is 2.51. The van der Waals surface area contributed by atoms with Crippen molar-refractivity contribution in [2.24, 2.45) is 0 Å². The topological polar surface area (TPSA) is 20.3 Å². The van der Waals surface area contributed by atoms with Crippen molar-refractivity contribution in [3.8, 4) is 0 Å². The van der Waals surface area contributed by atoms with E-state index in [-0.39, 0.29) is 10.8 Å². The Balaban J connectivity index is 2.57. The first kappa shape index (κ1) is 18.5. The van der Waals surface area contributed by atoms with E-state index in [2.05, 4.69) is 69.9 Å². The molecule has 1 atom stereocenters. The predicted molar refractivity (Wildman–Crippen MR) is 103 cm³/mol. The molecular formula is C20H33NOS. The summed E-state index contributed by atoms with van der Waals surface area (Å²) in [7, 11) is -2.40. The maximum Gasteiger partial charge on any atom is 0.0561 e. The lowest BCUT2D eigenvalue weighted by Crippen LogP contribution is -2.36. The van der Waals surface area contributed by atoms with Gasteiger partial charge in [0.25, 0.3) is 0 Å². The van der Waals surface area contributed by atoms with E-state index in [4.69, 9.17) is 0 Å². The number of piperidine rings is 1. The second kappa shape index (κ2) is 6.25. The molecule has 0 N–H and O–H groups in total. The Kier molecular flexibility index (Phi) is 5.04. The molecular weight excluding hydrogens is 302 g/mol. The normalized spacial score (nSPS) is 20.3. The summed E-state index contributed by atoms with van der Waals surface area (Å²) in [5.74, 6) is 4.18. The SMILES string of the molecule is C=S(=O)(c1ccc(C(C)(C)C)cc1C(C)(C)C)N1CCCCC1. The molecule has 0 spiro atoms. The maximum absolute atomic E-state index is 13.6. The number of benzene rings is 1. The number of hydrogen-bond acceptors (Lipinski definition) is 1. The summed E-state index contributed by atoms with van der Waals surface area (Å²) in [5, 5.41) is 0. The number of rotatable bonds is 2. The molecule has 1 aliphatic rings. The Labute approximate surface area is 143 Å². The van der Waals surface area contributed by atoms with Crippen LogP contribution in [0.3, 0.4) is 0 Å². The molecule has 0 saturated carbocycles. The van der Waals surface area contributed by atoms with Gasteiger partial charge in [0.05, 0.1) is 9.71 Å². The van der Waals surface area contributed by atoms with Gasteiger partial charge in [-0.3, -0.25) is 0 Å². The molecule has 1 unspecified atom stereocenters. The van der Waals surface area contributed by atoms with Gasteiger partial charge in [-0.05, 0) is 46.7 Å². The standard InChI is InChI=1S/C20H33NOS/c1-19(2,3)16-11-12-18(17(15-16)20(4,5)6)23(7,22)21-13-9-8-10-14-21/h11-12,15H,7-10,13-14H2,1-6H3. The molecule has 0 aliphatic carbocycles. The van der Waals surface area contributed by atoms with Gasteiger partial charge in [-0.15, -0.1) is 0 Å². The third-order valence-corrected chi connectivity index (χ3v) is 6.97. The van der Waals surface area contributed by atoms with Gasteiger partial charge < -0.3 is 0 Å². The van der Waals surface area contributed by atoms with Gasteiger partial charge in [-0.1, -0.05) is 60.1 Å². The van der Waals surface area contributed by atoms with E-state index in [0.29, 0.717) is 0 Å². The molecule has 1 fully saturated rings. The quantitative estimate of drug-likeness (QED) is 0.714. The molecule has 2 rings (SSSR count). The highest BCUT2D eigenvalue weighted by atomic mass is 32.2. The van der Waals surface area contributed by atoms with Crippen LogP contribution in [-0.4, -0.2) is 27.5 Å². The van der Waals surface area contributed by atoms with Gasteiger partial charge in [-0.25, -0.2) is 8.51 Å². The summed E-state index contributed by atoms with van der Waals surface area (Å²) in [6, 6.07) is 6.47. The van der Waals surface area contributed by atoms with E-state index in [1.165, 1.54) is 17.5 Å². The lowest BCUT2D eigenvalue weighted by molar-refractivity contribution is 0.363. The van der Waals surface area contributed by atoms with E-state index >= 15 is 0 Å². The minimum Gasteiger partial charge on any atom is -0.248 e. The van der Waals surface area contributed by atoms with Crippen LogP contribution in [0.4, 0.5) is 0 Å². The Morgan fingerprint density at radius 1 is 0.957 bits per heavy atom. The minimum absolute atomic E-state index is 0.0489. The molecule has 1 aliphatic heterocycles. The summed E-state index contributed by atoms with van der Waals surface area (Å²) >= 11 is 0. The lowest BCUT2D eigenvalue weighted by atomic mass is 9.81. The monoisotopic (exact) mass is 335 g/mol. The first-order chi connectivity index (χ1) is 10.4. The van der Waals surface area contributed by atoms with Crippen molar-refractivity contribution in [2.45, 2.75) is 76.5 Å². The maximum atomic E-state index is 13.6. The fourth-order valence-electron chi connectivity index (χ4n) is 3.16. The van der Waals surface area contributed by atoms with E-state index in [1.807, 2.05) is 0 Å². The van der Waals surface area contributed by atoms with Crippen LogP contribution in [0.5, 0.6) is 0 Å². The minimum atomic E-state index is -2.40. The average Bonchev–Trinajstić information content (AvgIpc) is 2.45. The summed E-state index contributed by atoms with van der Waals surface area (Å²) in [4.78, 5) is 0.930. The van der Waals surface area contributed by atoms with Gasteiger partial charge in [0, 0.05) is 18.0 Å². The van der Waals surface area contributed by atoms with E-state index in [1.54, 1.807) is 0 Å². The van der Waals surface area contributed by atoms with Crippen LogP contribution in [0, 0.1) is 0 Å². The van der Waals surface area contributed by atoms with E-state index in [9.17, 15) is 4.21 Å². The molecule has 1 aromatic rings. The van der Waals surface area contributed by atoms with Crippen LogP contribution in [0.15, 0.2) is 23.1 Å². The van der Waals surface area contributed by atoms with Crippen molar-refractivity contribution in [1.82, 2.24) is 4.31 Å². The Morgan fingerprint density at radius 2 is 1.52 bits per heavy atom. The number of nitrogens with zero attached hydrogens (tertiary/aromatic N) is 1. The summed E-state index contributed by atoms with van der Waals surface area (Å²) < 4.78 is 15.7. The van der Waals surface area contributed by atoms with Gasteiger partial charge >= 0.3 is 0 Å². The average molecular weight is 336 g/mol. The van der Waals surface area contributed by atoms with Crippen molar-refractivity contribution in [1.29, 1.82) is 0 Å². The van der Waals surface area contributed by atoms with Crippen molar-refractivity contribution in [2.75, 3.05) is 13.1 Å². The van der Waals surface area contributed by atoms with Gasteiger partial charge in [0.15, 0.2) is 0 Å². The predicted octanol–water partition coefficient (Wildman–Crippen LogP) is 4.76. The molecule has 2 nitrogen and oxygen atoms in total. The van der Waals surface area contributed by atoms with Crippen molar-refractivity contribution in [3.05, 3.63) is 29.3 Å². The van der Waals surface area contributed by atoms with Crippen LogP contribution in [-0.2, 0) is 20.5 Å². The molecule has 1 heterocycles. The first-order valence-corrected chi connectivity index (χ1v) is 10.4. The lowest BCUT2D eigenvalue weighted by Gasteiger charge is -2.34. The highest BCUT2D eigenvalue weighted by Gasteiger charge is 2.28. The van der Waals surface area contributed by atoms with E-state index in [0.717, 1.165) is 30.8 Å². The number of hydrogen-bond donors (Lipinski definition) is 0. The molecule has 0 aromatic heterocycles. The van der Waals surface area contributed by atoms with Crippen molar-refractivity contribution >= 4 is 15.6 Å². The zero-order valence-electron chi connectivity index (χ0n) is 15.7. The van der Waals surface area contributed by atoms with Crippen LogP contribution in [0.2, 0.25) is 0 Å². The molecule has 0 radical (unpaired) electrons. The third-order valence-electron chi connectivity index (χ3n) is 4.73. The Morgan fingerprint density at radius 3 is 2.00 bits per heavy atom. The van der Waals surface area contributed by atoms with Crippen LogP contribution in [0.1, 0.15) is 71.9 Å². The fourth-order valence-corrected chi connectivity index (χ4v) is 5.28. The summed E-state index contributed by atoms with van der Waals surface area (Å²) in [6.45, 7) is 15.1. The molecule has 1 aromatic carbocycles. The van der Waals surface area contributed by atoms with Crippen LogP contribution in [0.25, 0.3) is 0 Å². The Hall–Kier alpha value is -0.800. The third kappa shape index (κ3) is 4.00. The highest BCUT2D eigenvalue weighted by molar-refractivity contribution is 7.98. The fraction of sp³-hybridized carbons (Fsp3) is 0.650. The largest absolute Gasteiger partial charge is 0.248 e.